The maximum Gasteiger partial charge on any atom is 0.426 e. The van der Waals surface area contributed by atoms with Crippen molar-refractivity contribution in [3.05, 3.63) is 18.7 Å². The van der Waals surface area contributed by atoms with E-state index in [0.717, 1.165) is 0 Å². The van der Waals surface area contributed by atoms with Crippen molar-refractivity contribution in [2.45, 2.75) is 26.4 Å². The van der Waals surface area contributed by atoms with Gasteiger partial charge in [0.05, 0.1) is 0 Å². The molecule has 1 rings (SSSR count). The van der Waals surface area contributed by atoms with Gasteiger partial charge in [0, 0.05) is 12.4 Å². The first-order chi connectivity index (χ1) is 7.38. The molecule has 0 aliphatic rings. The molecule has 0 saturated carbocycles. The van der Waals surface area contributed by atoms with E-state index in [-0.39, 0.29) is 0 Å². The van der Waals surface area contributed by atoms with Crippen LogP contribution in [0.2, 0.25) is 0 Å². The molecule has 0 unspecified atom stereocenters. The molecule has 0 bridgehead atoms. The number of hydrogen-bond acceptors (Lipinski definition) is 4. The Bertz CT molecular complexity index is 369. The highest BCUT2D eigenvalue weighted by Crippen LogP contribution is 2.05. The van der Waals surface area contributed by atoms with Gasteiger partial charge in [-0.15, -0.1) is 0 Å². The van der Waals surface area contributed by atoms with E-state index < -0.39 is 11.7 Å². The molecule has 0 aliphatic carbocycles. The highest BCUT2D eigenvalue weighted by Gasteiger charge is 2.15. The van der Waals surface area contributed by atoms with Crippen LogP contribution in [0.25, 0.3) is 0 Å². The van der Waals surface area contributed by atoms with Gasteiger partial charge < -0.3 is 4.74 Å². The van der Waals surface area contributed by atoms with Crippen LogP contribution in [0.4, 0.5) is 4.79 Å². The number of amides is 1. The SMILES string of the molecule is CC(C)(C)OC(=O)NNC(=S)n1ccnc1. The minimum absolute atomic E-state index is 0.309. The fraction of sp³-hybridized carbons (Fsp3) is 0.444. The highest BCUT2D eigenvalue weighted by molar-refractivity contribution is 7.80. The van der Waals surface area contributed by atoms with Gasteiger partial charge in [-0.3, -0.25) is 9.99 Å². The van der Waals surface area contributed by atoms with E-state index in [1.807, 2.05) is 0 Å². The number of carbonyl (C=O) groups is 1. The van der Waals surface area contributed by atoms with Crippen LogP contribution in [0.15, 0.2) is 18.7 Å². The van der Waals surface area contributed by atoms with Crippen LogP contribution in [0.5, 0.6) is 0 Å². The number of hydrazine groups is 1. The van der Waals surface area contributed by atoms with Crippen molar-refractivity contribution in [2.24, 2.45) is 0 Å². The third-order valence-corrected chi connectivity index (χ3v) is 1.72. The summed E-state index contributed by atoms with van der Waals surface area (Å²) in [6, 6.07) is 0. The molecule has 6 nitrogen and oxygen atoms in total. The smallest absolute Gasteiger partial charge is 0.426 e. The van der Waals surface area contributed by atoms with Gasteiger partial charge in [0.25, 0.3) is 0 Å². The number of carbonyl (C=O) groups excluding carboxylic acids is 1. The van der Waals surface area contributed by atoms with Gasteiger partial charge in [0.1, 0.15) is 11.9 Å². The third kappa shape index (κ3) is 4.26. The molecule has 1 aromatic heterocycles. The topological polar surface area (TPSA) is 68.2 Å². The van der Waals surface area contributed by atoms with E-state index in [2.05, 4.69) is 15.8 Å². The third-order valence-electron chi connectivity index (χ3n) is 1.41. The number of rotatable bonds is 0. The van der Waals surface area contributed by atoms with E-state index in [1.54, 1.807) is 37.7 Å². The van der Waals surface area contributed by atoms with E-state index in [4.69, 9.17) is 17.0 Å². The lowest BCUT2D eigenvalue weighted by Gasteiger charge is -2.20. The summed E-state index contributed by atoms with van der Waals surface area (Å²) < 4.78 is 6.56. The predicted molar refractivity (Wildman–Crippen MR) is 62.7 cm³/mol. The largest absolute Gasteiger partial charge is 0.443 e. The van der Waals surface area contributed by atoms with Gasteiger partial charge in [-0.25, -0.2) is 15.2 Å². The Labute approximate surface area is 99.0 Å². The van der Waals surface area contributed by atoms with Gasteiger partial charge >= 0.3 is 6.09 Å². The summed E-state index contributed by atoms with van der Waals surface area (Å²) >= 11 is 4.98. The Hall–Kier alpha value is -1.63. The molecule has 0 spiro atoms. The molecule has 16 heavy (non-hydrogen) atoms. The molecule has 2 N–H and O–H groups in total. The van der Waals surface area contributed by atoms with E-state index in [9.17, 15) is 4.79 Å². The average molecular weight is 242 g/mol. The maximum absolute atomic E-state index is 11.3. The average Bonchev–Trinajstić information content (AvgIpc) is 2.64. The summed E-state index contributed by atoms with van der Waals surface area (Å²) in [5.41, 5.74) is 4.32. The monoisotopic (exact) mass is 242 g/mol. The zero-order valence-corrected chi connectivity index (χ0v) is 10.2. The molecule has 7 heteroatoms. The second-order valence-corrected chi connectivity index (χ2v) is 4.41. The first-order valence-electron chi connectivity index (χ1n) is 4.66. The molecule has 88 valence electrons. The number of thiocarbonyl (C=S) groups is 1. The summed E-state index contributed by atoms with van der Waals surface area (Å²) in [5, 5.41) is 0.309. The highest BCUT2D eigenvalue weighted by atomic mass is 32.1. The van der Waals surface area contributed by atoms with Gasteiger partial charge in [-0.1, -0.05) is 0 Å². The fourth-order valence-electron chi connectivity index (χ4n) is 0.852. The number of nitrogens with one attached hydrogen (secondary N) is 2. The van der Waals surface area contributed by atoms with Crippen LogP contribution in [0, 0.1) is 0 Å². The van der Waals surface area contributed by atoms with Crippen LogP contribution in [-0.4, -0.2) is 26.4 Å². The van der Waals surface area contributed by atoms with Gasteiger partial charge in [-0.05, 0) is 33.0 Å². The zero-order valence-electron chi connectivity index (χ0n) is 9.35. The van der Waals surface area contributed by atoms with Gasteiger partial charge in [0.15, 0.2) is 5.11 Å². The summed E-state index contributed by atoms with van der Waals surface area (Å²) in [4.78, 5) is 15.1. The number of imidazole rings is 1. The molecular weight excluding hydrogens is 228 g/mol. The Morgan fingerprint density at radius 1 is 1.44 bits per heavy atom. The molecule has 0 atom stereocenters. The molecule has 0 fully saturated rings. The van der Waals surface area contributed by atoms with E-state index >= 15 is 0 Å². The van der Waals surface area contributed by atoms with Crippen LogP contribution in [0.3, 0.4) is 0 Å². The second-order valence-electron chi connectivity index (χ2n) is 4.03. The fourth-order valence-corrected chi connectivity index (χ4v) is 1.01. The van der Waals surface area contributed by atoms with Crippen molar-refractivity contribution in [1.82, 2.24) is 20.4 Å². The van der Waals surface area contributed by atoms with Gasteiger partial charge in [-0.2, -0.15) is 0 Å². The molecule has 1 aromatic rings. The lowest BCUT2D eigenvalue weighted by Crippen LogP contribution is -2.45. The quantitative estimate of drug-likeness (QED) is 0.525. The molecule has 0 radical (unpaired) electrons. The lowest BCUT2D eigenvalue weighted by atomic mass is 10.2. The number of hydrogen-bond donors (Lipinski definition) is 2. The minimum atomic E-state index is -0.588. The molecule has 0 aliphatic heterocycles. The van der Waals surface area contributed by atoms with Crippen molar-refractivity contribution in [3.63, 3.8) is 0 Å². The Balaban J connectivity index is 2.35. The lowest BCUT2D eigenvalue weighted by molar-refractivity contribution is 0.0513. The van der Waals surface area contributed by atoms with E-state index in [1.165, 1.54) is 6.33 Å². The van der Waals surface area contributed by atoms with Crippen molar-refractivity contribution in [2.75, 3.05) is 0 Å². The van der Waals surface area contributed by atoms with Crippen molar-refractivity contribution in [3.8, 4) is 0 Å². The number of ether oxygens (including phenoxy) is 1. The van der Waals surface area contributed by atoms with Crippen molar-refractivity contribution < 1.29 is 9.53 Å². The summed E-state index contributed by atoms with van der Waals surface area (Å²) in [6.45, 7) is 5.34. The Morgan fingerprint density at radius 3 is 2.62 bits per heavy atom. The summed E-state index contributed by atoms with van der Waals surface area (Å²) in [6.07, 6.45) is 4.18. The van der Waals surface area contributed by atoms with Crippen LogP contribution in [0.1, 0.15) is 20.8 Å². The van der Waals surface area contributed by atoms with Crippen LogP contribution >= 0.6 is 12.2 Å². The van der Waals surface area contributed by atoms with Crippen molar-refractivity contribution >= 4 is 23.4 Å². The predicted octanol–water partition coefficient (Wildman–Crippen LogP) is 1.05. The second kappa shape index (κ2) is 4.93. The molecular formula is C9H14N4O2S. The van der Waals surface area contributed by atoms with Crippen LogP contribution < -0.4 is 10.9 Å². The van der Waals surface area contributed by atoms with E-state index in [0.29, 0.717) is 5.11 Å². The van der Waals surface area contributed by atoms with Crippen LogP contribution in [-0.2, 0) is 4.74 Å². The summed E-state index contributed by atoms with van der Waals surface area (Å²) in [5.74, 6) is 0. The van der Waals surface area contributed by atoms with Crippen molar-refractivity contribution in [1.29, 1.82) is 0 Å². The minimum Gasteiger partial charge on any atom is -0.443 e. The number of nitrogens with zero attached hydrogens (tertiary/aromatic N) is 2. The first-order valence-corrected chi connectivity index (χ1v) is 5.06. The standard InChI is InChI=1S/C9H14N4O2S/c1-9(2,3)15-8(14)12-11-7(16)13-5-4-10-6-13/h4-6H,1-3H3,(H,11,16)(H,12,14). The molecule has 1 amide bonds. The zero-order chi connectivity index (χ0) is 12.2. The Kier molecular flexibility index (Phi) is 3.83. The first kappa shape index (κ1) is 12.4. The van der Waals surface area contributed by atoms with Gasteiger partial charge in [0.2, 0.25) is 0 Å². The summed E-state index contributed by atoms with van der Waals surface area (Å²) in [7, 11) is 0. The molecule has 0 saturated heterocycles. The molecule has 0 aromatic carbocycles. The molecule has 1 heterocycles. The Morgan fingerprint density at radius 2 is 2.12 bits per heavy atom. The normalized spacial score (nSPS) is 10.7. The number of aromatic nitrogens is 2. The maximum atomic E-state index is 11.3.